The standard InChI is InChI=1S/C25H37FN8O2/c26-18-14-16(23(29)35)24(33-25(18)32-22-5-2-1-4-19(22)28)31-21-7-3-6-20(17(21)15-27)30-8-9-34-10-12-36-13-11-34/h3,6-7,15-16,19,22,27,30,32H,1-2,4-5,8-14,28H2,(H2,29,35)(H,31,33)/p+1. The summed E-state index contributed by atoms with van der Waals surface area (Å²) in [4.78, 5) is 19.0. The van der Waals surface area contributed by atoms with Gasteiger partial charge in [-0.2, -0.15) is 0 Å². The summed E-state index contributed by atoms with van der Waals surface area (Å²) in [5.74, 6) is -1.72. The SMILES string of the molecule is N=Cc1c(NC2=NC(NC3CCCCC3N)=C(F)CC2C(N)=O)cccc1[NH2+]CCN1CCOCC1. The van der Waals surface area contributed by atoms with Crippen molar-refractivity contribution in [2.24, 2.45) is 22.4 Å². The van der Waals surface area contributed by atoms with Crippen molar-refractivity contribution in [3.05, 3.63) is 35.4 Å². The maximum absolute atomic E-state index is 14.9. The van der Waals surface area contributed by atoms with Crippen molar-refractivity contribution in [2.45, 2.75) is 44.2 Å². The Kier molecular flexibility index (Phi) is 9.03. The van der Waals surface area contributed by atoms with Gasteiger partial charge in [0.2, 0.25) is 5.91 Å². The van der Waals surface area contributed by atoms with E-state index in [4.69, 9.17) is 21.6 Å². The molecule has 36 heavy (non-hydrogen) atoms. The Morgan fingerprint density at radius 3 is 2.81 bits per heavy atom. The van der Waals surface area contributed by atoms with Crippen molar-refractivity contribution < 1.29 is 19.2 Å². The van der Waals surface area contributed by atoms with Crippen LogP contribution in [0.3, 0.4) is 0 Å². The summed E-state index contributed by atoms with van der Waals surface area (Å²) >= 11 is 0. The molecule has 9 N–H and O–H groups in total. The molecule has 3 aliphatic rings. The smallest absolute Gasteiger partial charge is 0.228 e. The van der Waals surface area contributed by atoms with E-state index in [0.717, 1.165) is 70.8 Å². The molecule has 2 aliphatic heterocycles. The Hall–Kier alpha value is -2.86. The maximum atomic E-state index is 14.9. The quantitative estimate of drug-likeness (QED) is 0.214. The molecule has 2 fully saturated rings. The summed E-state index contributed by atoms with van der Waals surface area (Å²) < 4.78 is 20.3. The topological polar surface area (TPSA) is 158 Å². The number of nitrogens with two attached hydrogens (primary N) is 3. The third-order valence-corrected chi connectivity index (χ3v) is 7.15. The van der Waals surface area contributed by atoms with Crippen LogP contribution in [-0.4, -0.2) is 74.3 Å². The minimum Gasteiger partial charge on any atom is -0.379 e. The van der Waals surface area contributed by atoms with Crippen LogP contribution in [0.1, 0.15) is 37.7 Å². The summed E-state index contributed by atoms with van der Waals surface area (Å²) in [6.07, 6.45) is 4.92. The fourth-order valence-corrected chi connectivity index (χ4v) is 5.00. The molecule has 196 valence electrons. The van der Waals surface area contributed by atoms with Gasteiger partial charge in [0, 0.05) is 44.4 Å². The van der Waals surface area contributed by atoms with Crippen molar-refractivity contribution in [3.63, 3.8) is 0 Å². The molecule has 2 heterocycles. The molecule has 1 aromatic carbocycles. The maximum Gasteiger partial charge on any atom is 0.228 e. The molecule has 3 atom stereocenters. The van der Waals surface area contributed by atoms with Crippen LogP contribution in [-0.2, 0) is 9.53 Å². The highest BCUT2D eigenvalue weighted by Crippen LogP contribution is 2.28. The number of nitrogens with one attached hydrogen (secondary N) is 3. The summed E-state index contributed by atoms with van der Waals surface area (Å²) in [6, 6.07) is 5.51. The van der Waals surface area contributed by atoms with E-state index in [1.807, 2.05) is 18.2 Å². The van der Waals surface area contributed by atoms with Gasteiger partial charge in [-0.25, -0.2) is 9.38 Å². The van der Waals surface area contributed by atoms with E-state index in [-0.39, 0.29) is 30.2 Å². The zero-order chi connectivity index (χ0) is 25.5. The number of rotatable bonds is 9. The summed E-state index contributed by atoms with van der Waals surface area (Å²) in [5.41, 5.74) is 14.0. The van der Waals surface area contributed by atoms with Gasteiger partial charge in [-0.3, -0.25) is 9.69 Å². The second-order valence-electron chi connectivity index (χ2n) is 9.63. The Morgan fingerprint density at radius 1 is 1.31 bits per heavy atom. The number of allylic oxidation sites excluding steroid dienone is 1. The molecule has 1 aliphatic carbocycles. The summed E-state index contributed by atoms with van der Waals surface area (Å²) in [6.45, 7) is 5.11. The van der Waals surface area contributed by atoms with E-state index < -0.39 is 17.7 Å². The number of halogens is 1. The number of anilines is 1. The van der Waals surface area contributed by atoms with E-state index in [9.17, 15) is 9.18 Å². The highest BCUT2D eigenvalue weighted by atomic mass is 19.1. The number of ether oxygens (including phenoxy) is 1. The predicted molar refractivity (Wildman–Crippen MR) is 138 cm³/mol. The van der Waals surface area contributed by atoms with Crippen molar-refractivity contribution in [2.75, 3.05) is 44.7 Å². The number of carbonyl (C=O) groups excluding carboxylic acids is 1. The minimum atomic E-state index is -0.928. The first-order chi connectivity index (χ1) is 17.5. The Balaban J connectivity index is 1.50. The molecule has 11 heteroatoms. The van der Waals surface area contributed by atoms with Gasteiger partial charge < -0.3 is 37.6 Å². The number of hydrogen-bond acceptors (Lipinski definition) is 8. The molecular weight excluding hydrogens is 463 g/mol. The number of nitrogens with zero attached hydrogens (tertiary/aromatic N) is 2. The number of benzene rings is 1. The van der Waals surface area contributed by atoms with Crippen molar-refractivity contribution >= 4 is 29.3 Å². The lowest BCUT2D eigenvalue weighted by Crippen LogP contribution is -2.80. The fourth-order valence-electron chi connectivity index (χ4n) is 5.00. The van der Waals surface area contributed by atoms with Gasteiger partial charge in [0.05, 0.1) is 31.0 Å². The number of quaternary nitrogens is 1. The number of amidine groups is 1. The van der Waals surface area contributed by atoms with Gasteiger partial charge >= 0.3 is 0 Å². The summed E-state index contributed by atoms with van der Waals surface area (Å²) in [5, 5.41) is 16.5. The number of primary amides is 1. The molecule has 3 unspecified atom stereocenters. The lowest BCUT2D eigenvalue weighted by atomic mass is 9.91. The van der Waals surface area contributed by atoms with Gasteiger partial charge in [-0.05, 0) is 25.0 Å². The molecule has 0 aromatic heterocycles. The monoisotopic (exact) mass is 501 g/mol. The van der Waals surface area contributed by atoms with E-state index in [1.54, 1.807) is 0 Å². The Morgan fingerprint density at radius 2 is 2.08 bits per heavy atom. The average molecular weight is 502 g/mol. The van der Waals surface area contributed by atoms with Crippen LogP contribution in [0.25, 0.3) is 0 Å². The lowest BCUT2D eigenvalue weighted by Gasteiger charge is -2.32. The molecule has 1 aromatic rings. The number of aliphatic imine (C=N–C) groups is 1. The molecule has 4 rings (SSSR count). The van der Waals surface area contributed by atoms with Gasteiger partial charge in [0.1, 0.15) is 23.3 Å². The molecule has 0 bridgehead atoms. The molecule has 1 saturated carbocycles. The fraction of sp³-hybridized carbons (Fsp3) is 0.560. The Bertz CT molecular complexity index is 1010. The van der Waals surface area contributed by atoms with Crippen LogP contribution in [0.2, 0.25) is 0 Å². The minimum absolute atomic E-state index is 0.0730. The van der Waals surface area contributed by atoms with Gasteiger partial charge in [-0.15, -0.1) is 0 Å². The van der Waals surface area contributed by atoms with Crippen LogP contribution in [0.15, 0.2) is 34.8 Å². The average Bonchev–Trinajstić information content (AvgIpc) is 2.88. The van der Waals surface area contributed by atoms with Crippen molar-refractivity contribution in [1.29, 1.82) is 5.41 Å². The lowest BCUT2D eigenvalue weighted by molar-refractivity contribution is -0.571. The molecule has 0 radical (unpaired) electrons. The number of amides is 1. The number of morpholine rings is 1. The molecule has 1 amide bonds. The second kappa shape index (κ2) is 12.4. The van der Waals surface area contributed by atoms with Gasteiger partial charge in [0.15, 0.2) is 5.82 Å². The third-order valence-electron chi connectivity index (χ3n) is 7.15. The van der Waals surface area contributed by atoms with Crippen LogP contribution >= 0.6 is 0 Å². The molecule has 10 nitrogen and oxygen atoms in total. The predicted octanol–water partition coefficient (Wildman–Crippen LogP) is 0.525. The zero-order valence-corrected chi connectivity index (χ0v) is 20.6. The largest absolute Gasteiger partial charge is 0.379 e. The Labute approximate surface area is 211 Å². The van der Waals surface area contributed by atoms with E-state index in [2.05, 4.69) is 25.8 Å². The van der Waals surface area contributed by atoms with Gasteiger partial charge in [0.25, 0.3) is 0 Å². The van der Waals surface area contributed by atoms with Crippen LogP contribution in [0.4, 0.5) is 15.8 Å². The molecule has 1 saturated heterocycles. The zero-order valence-electron chi connectivity index (χ0n) is 20.6. The van der Waals surface area contributed by atoms with E-state index in [1.165, 1.54) is 6.21 Å². The molecular formula is C25H38FN8O2+. The van der Waals surface area contributed by atoms with Gasteiger partial charge in [-0.1, -0.05) is 18.9 Å². The van der Waals surface area contributed by atoms with Crippen LogP contribution < -0.4 is 27.4 Å². The van der Waals surface area contributed by atoms with E-state index in [0.29, 0.717) is 11.3 Å². The third kappa shape index (κ3) is 6.47. The highest BCUT2D eigenvalue weighted by Gasteiger charge is 2.32. The van der Waals surface area contributed by atoms with Crippen molar-refractivity contribution in [3.8, 4) is 0 Å². The van der Waals surface area contributed by atoms with Crippen LogP contribution in [0.5, 0.6) is 0 Å². The van der Waals surface area contributed by atoms with Crippen LogP contribution in [0, 0.1) is 11.3 Å². The number of carbonyl (C=O) groups is 1. The normalized spacial score (nSPS) is 25.3. The number of hydrogen-bond donors (Lipinski definition) is 6. The highest BCUT2D eigenvalue weighted by molar-refractivity contribution is 6.11. The second-order valence-corrected chi connectivity index (χ2v) is 9.63. The summed E-state index contributed by atoms with van der Waals surface area (Å²) in [7, 11) is 0. The first kappa shape index (κ1) is 26.2. The first-order valence-corrected chi connectivity index (χ1v) is 12.8. The molecule has 0 spiro atoms. The van der Waals surface area contributed by atoms with Crippen molar-refractivity contribution in [1.82, 2.24) is 10.2 Å². The van der Waals surface area contributed by atoms with E-state index >= 15 is 0 Å². The first-order valence-electron chi connectivity index (χ1n) is 12.8.